The van der Waals surface area contributed by atoms with E-state index in [1.54, 1.807) is 18.4 Å². The Balaban J connectivity index is 1.99. The van der Waals surface area contributed by atoms with Crippen molar-refractivity contribution in [1.29, 1.82) is 0 Å². The molecule has 3 N–H and O–H groups in total. The SMILES string of the molecule is COCc1cccc(NCc2sccc2N)c1. The maximum Gasteiger partial charge on any atom is 0.0713 e. The molecule has 0 aliphatic heterocycles. The molecule has 2 aromatic rings. The van der Waals surface area contributed by atoms with E-state index in [1.807, 2.05) is 29.6 Å². The number of rotatable bonds is 5. The summed E-state index contributed by atoms with van der Waals surface area (Å²) in [5.74, 6) is 0. The van der Waals surface area contributed by atoms with E-state index < -0.39 is 0 Å². The van der Waals surface area contributed by atoms with Crippen LogP contribution in [0.5, 0.6) is 0 Å². The Kier molecular flexibility index (Phi) is 4.01. The second-order valence-corrected chi connectivity index (χ2v) is 4.79. The second kappa shape index (κ2) is 5.70. The van der Waals surface area contributed by atoms with Crippen molar-refractivity contribution in [2.45, 2.75) is 13.2 Å². The Morgan fingerprint density at radius 2 is 2.24 bits per heavy atom. The number of ether oxygens (including phenoxy) is 1. The molecular weight excluding hydrogens is 232 g/mol. The molecule has 0 saturated heterocycles. The Bertz CT molecular complexity index is 482. The molecule has 3 nitrogen and oxygen atoms in total. The van der Waals surface area contributed by atoms with Gasteiger partial charge >= 0.3 is 0 Å². The van der Waals surface area contributed by atoms with Gasteiger partial charge in [-0.1, -0.05) is 12.1 Å². The quantitative estimate of drug-likeness (QED) is 0.854. The summed E-state index contributed by atoms with van der Waals surface area (Å²) in [7, 11) is 1.70. The molecule has 4 heteroatoms. The fraction of sp³-hybridized carbons (Fsp3) is 0.231. The van der Waals surface area contributed by atoms with Gasteiger partial charge in [0.1, 0.15) is 0 Å². The molecule has 0 fully saturated rings. The Morgan fingerprint density at radius 3 is 2.94 bits per heavy atom. The minimum Gasteiger partial charge on any atom is -0.398 e. The third-order valence-corrected chi connectivity index (χ3v) is 3.41. The van der Waals surface area contributed by atoms with E-state index in [1.165, 1.54) is 4.88 Å². The molecular formula is C13H16N2OS. The number of thiophene rings is 1. The highest BCUT2D eigenvalue weighted by atomic mass is 32.1. The van der Waals surface area contributed by atoms with E-state index in [2.05, 4.69) is 11.4 Å². The molecule has 90 valence electrons. The smallest absolute Gasteiger partial charge is 0.0713 e. The number of nitrogens with two attached hydrogens (primary N) is 1. The van der Waals surface area contributed by atoms with Gasteiger partial charge in [0, 0.05) is 23.4 Å². The van der Waals surface area contributed by atoms with Crippen LogP contribution in [0.3, 0.4) is 0 Å². The van der Waals surface area contributed by atoms with Gasteiger partial charge in [-0.15, -0.1) is 11.3 Å². The zero-order chi connectivity index (χ0) is 12.1. The number of hydrogen-bond acceptors (Lipinski definition) is 4. The van der Waals surface area contributed by atoms with Gasteiger partial charge in [-0.25, -0.2) is 0 Å². The minimum absolute atomic E-state index is 0.636. The predicted octanol–water partition coefficient (Wildman–Crippen LogP) is 3.09. The van der Waals surface area contributed by atoms with Gasteiger partial charge < -0.3 is 15.8 Å². The first-order chi connectivity index (χ1) is 8.29. The summed E-state index contributed by atoms with van der Waals surface area (Å²) in [6.45, 7) is 1.40. The molecule has 0 aliphatic rings. The first kappa shape index (κ1) is 12.0. The summed E-state index contributed by atoms with van der Waals surface area (Å²) >= 11 is 1.67. The normalized spacial score (nSPS) is 10.4. The third kappa shape index (κ3) is 3.22. The van der Waals surface area contributed by atoms with Crippen molar-refractivity contribution in [3.8, 4) is 0 Å². The number of benzene rings is 1. The molecule has 1 aromatic heterocycles. The Labute approximate surface area is 105 Å². The summed E-state index contributed by atoms with van der Waals surface area (Å²) in [4.78, 5) is 1.17. The van der Waals surface area contributed by atoms with Crippen LogP contribution >= 0.6 is 11.3 Å². The van der Waals surface area contributed by atoms with Gasteiger partial charge in [0.05, 0.1) is 13.2 Å². The summed E-state index contributed by atoms with van der Waals surface area (Å²) in [6, 6.07) is 10.1. The van der Waals surface area contributed by atoms with E-state index in [-0.39, 0.29) is 0 Å². The van der Waals surface area contributed by atoms with Gasteiger partial charge in [0.2, 0.25) is 0 Å². The fourth-order valence-electron chi connectivity index (χ4n) is 1.61. The maximum atomic E-state index is 5.83. The van der Waals surface area contributed by atoms with E-state index in [0.717, 1.165) is 23.5 Å². The first-order valence-corrected chi connectivity index (χ1v) is 6.31. The van der Waals surface area contributed by atoms with Gasteiger partial charge in [-0.3, -0.25) is 0 Å². The van der Waals surface area contributed by atoms with Crippen molar-refractivity contribution in [1.82, 2.24) is 0 Å². The first-order valence-electron chi connectivity index (χ1n) is 5.43. The Morgan fingerprint density at radius 1 is 1.35 bits per heavy atom. The van der Waals surface area contributed by atoms with Gasteiger partial charge in [-0.2, -0.15) is 0 Å². The van der Waals surface area contributed by atoms with Crippen LogP contribution in [0, 0.1) is 0 Å². The number of nitrogens with one attached hydrogen (secondary N) is 1. The highest BCUT2D eigenvalue weighted by Gasteiger charge is 2.00. The van der Waals surface area contributed by atoms with Crippen LogP contribution in [-0.2, 0) is 17.9 Å². The summed E-state index contributed by atoms with van der Waals surface area (Å²) in [5, 5.41) is 5.37. The van der Waals surface area contributed by atoms with E-state index in [9.17, 15) is 0 Å². The topological polar surface area (TPSA) is 47.3 Å². The van der Waals surface area contributed by atoms with Crippen molar-refractivity contribution in [3.63, 3.8) is 0 Å². The number of nitrogen functional groups attached to an aromatic ring is 1. The van der Waals surface area contributed by atoms with Crippen molar-refractivity contribution >= 4 is 22.7 Å². The predicted molar refractivity (Wildman–Crippen MR) is 73.2 cm³/mol. The van der Waals surface area contributed by atoms with Gasteiger partial charge in [0.15, 0.2) is 0 Å². The van der Waals surface area contributed by atoms with E-state index >= 15 is 0 Å². The minimum atomic E-state index is 0.636. The zero-order valence-electron chi connectivity index (χ0n) is 9.77. The molecule has 0 unspecified atom stereocenters. The van der Waals surface area contributed by atoms with Crippen LogP contribution in [0.25, 0.3) is 0 Å². The van der Waals surface area contributed by atoms with Crippen molar-refractivity contribution in [2.24, 2.45) is 0 Å². The average molecular weight is 248 g/mol. The molecule has 1 heterocycles. The molecule has 0 bridgehead atoms. The number of hydrogen-bond donors (Lipinski definition) is 2. The van der Waals surface area contributed by atoms with Crippen LogP contribution < -0.4 is 11.1 Å². The lowest BCUT2D eigenvalue weighted by Gasteiger charge is -2.07. The van der Waals surface area contributed by atoms with Crippen LogP contribution in [-0.4, -0.2) is 7.11 Å². The lowest BCUT2D eigenvalue weighted by molar-refractivity contribution is 0.185. The number of anilines is 2. The van der Waals surface area contributed by atoms with Crippen molar-refractivity contribution in [3.05, 3.63) is 46.2 Å². The third-order valence-electron chi connectivity index (χ3n) is 2.47. The molecule has 0 aliphatic carbocycles. The summed E-state index contributed by atoms with van der Waals surface area (Å²) < 4.78 is 5.11. The molecule has 2 rings (SSSR count). The zero-order valence-corrected chi connectivity index (χ0v) is 10.6. The molecule has 0 amide bonds. The summed E-state index contributed by atoms with van der Waals surface area (Å²) in [6.07, 6.45) is 0. The summed E-state index contributed by atoms with van der Waals surface area (Å²) in [5.41, 5.74) is 8.94. The van der Waals surface area contributed by atoms with Gasteiger partial charge in [-0.05, 0) is 29.1 Å². The van der Waals surface area contributed by atoms with Gasteiger partial charge in [0.25, 0.3) is 0 Å². The number of methoxy groups -OCH3 is 1. The monoisotopic (exact) mass is 248 g/mol. The van der Waals surface area contributed by atoms with Crippen LogP contribution in [0.15, 0.2) is 35.7 Å². The molecule has 0 radical (unpaired) electrons. The lowest BCUT2D eigenvalue weighted by atomic mass is 10.2. The van der Waals surface area contributed by atoms with E-state index in [0.29, 0.717) is 6.61 Å². The molecule has 17 heavy (non-hydrogen) atoms. The van der Waals surface area contributed by atoms with Crippen LogP contribution in [0.1, 0.15) is 10.4 Å². The molecule has 1 aromatic carbocycles. The van der Waals surface area contributed by atoms with Crippen LogP contribution in [0.2, 0.25) is 0 Å². The lowest BCUT2D eigenvalue weighted by Crippen LogP contribution is -2.00. The second-order valence-electron chi connectivity index (χ2n) is 3.79. The van der Waals surface area contributed by atoms with Crippen molar-refractivity contribution in [2.75, 3.05) is 18.2 Å². The van der Waals surface area contributed by atoms with Crippen molar-refractivity contribution < 1.29 is 4.74 Å². The van der Waals surface area contributed by atoms with E-state index in [4.69, 9.17) is 10.5 Å². The fourth-order valence-corrected chi connectivity index (χ4v) is 2.35. The maximum absolute atomic E-state index is 5.83. The molecule has 0 spiro atoms. The van der Waals surface area contributed by atoms with Crippen LogP contribution in [0.4, 0.5) is 11.4 Å². The average Bonchev–Trinajstić information content (AvgIpc) is 2.73. The standard InChI is InChI=1S/C13H16N2OS/c1-16-9-10-3-2-4-11(7-10)15-8-13-12(14)5-6-17-13/h2-7,15H,8-9,14H2,1H3. The Hall–Kier alpha value is -1.52. The highest BCUT2D eigenvalue weighted by Crippen LogP contribution is 2.20. The largest absolute Gasteiger partial charge is 0.398 e. The molecule has 0 saturated carbocycles. The highest BCUT2D eigenvalue weighted by molar-refractivity contribution is 7.10. The molecule has 0 atom stereocenters.